The van der Waals surface area contributed by atoms with Gasteiger partial charge in [-0.3, -0.25) is 9.78 Å². The molecule has 0 amide bonds. The minimum absolute atomic E-state index is 0.0175. The maximum Gasteiger partial charge on any atom is 0.335 e. The summed E-state index contributed by atoms with van der Waals surface area (Å²) in [5.41, 5.74) is 1.44. The number of nitrogens with zero attached hydrogens (tertiary/aromatic N) is 1. The van der Waals surface area contributed by atoms with E-state index in [0.29, 0.717) is 18.0 Å². The van der Waals surface area contributed by atoms with Crippen molar-refractivity contribution in [3.63, 3.8) is 0 Å². The molecule has 4 aromatic rings. The van der Waals surface area contributed by atoms with Crippen LogP contribution in [0.3, 0.4) is 0 Å². The summed E-state index contributed by atoms with van der Waals surface area (Å²) in [7, 11) is 4.55. The van der Waals surface area contributed by atoms with Gasteiger partial charge in [0.05, 0.1) is 33.1 Å². The second kappa shape index (κ2) is 8.31. The zero-order chi connectivity index (χ0) is 24.0. The largest absolute Gasteiger partial charge is 0.497 e. The molecule has 0 bridgehead atoms. The molecule has 0 saturated carbocycles. The standard InChI is InChI=1S/C24H24N4O6/c1-32-12-4-6-16-15(10-12)14-8-9-25-21(20(14)26-16)19-22(29)27-24(31)28(23(19)30)17-11-13(33-2)5-7-18(17)34-3/h4-7,10-11,21,25-26,30H,8-9H2,1-3H3,(H,27,29,31)/t21-/m0/s1. The molecule has 2 aromatic carbocycles. The molecule has 3 heterocycles. The van der Waals surface area contributed by atoms with Crippen LogP contribution in [0.25, 0.3) is 16.6 Å². The van der Waals surface area contributed by atoms with E-state index >= 15 is 0 Å². The molecule has 1 aliphatic heterocycles. The van der Waals surface area contributed by atoms with Gasteiger partial charge < -0.3 is 29.6 Å². The summed E-state index contributed by atoms with van der Waals surface area (Å²) in [6, 6.07) is 9.88. The smallest absolute Gasteiger partial charge is 0.335 e. The van der Waals surface area contributed by atoms with Gasteiger partial charge in [-0.2, -0.15) is 0 Å². The van der Waals surface area contributed by atoms with E-state index in [9.17, 15) is 14.7 Å². The Labute approximate surface area is 193 Å². The fraction of sp³-hybridized carbons (Fsp3) is 0.250. The van der Waals surface area contributed by atoms with E-state index in [0.717, 1.165) is 38.9 Å². The average molecular weight is 464 g/mol. The average Bonchev–Trinajstić information content (AvgIpc) is 3.22. The highest BCUT2D eigenvalue weighted by atomic mass is 16.5. The van der Waals surface area contributed by atoms with Crippen LogP contribution in [0.5, 0.6) is 23.1 Å². The third-order valence-electron chi connectivity index (χ3n) is 6.19. The summed E-state index contributed by atoms with van der Waals surface area (Å²) in [6.07, 6.45) is 0.723. The van der Waals surface area contributed by atoms with Crippen LogP contribution in [-0.2, 0) is 6.42 Å². The lowest BCUT2D eigenvalue weighted by Crippen LogP contribution is -2.38. The molecule has 1 atom stereocenters. The van der Waals surface area contributed by atoms with Crippen LogP contribution in [0.4, 0.5) is 0 Å². The highest BCUT2D eigenvalue weighted by Crippen LogP contribution is 2.37. The number of H-pyrrole nitrogens is 2. The number of aromatic hydroxyl groups is 1. The lowest BCUT2D eigenvalue weighted by atomic mass is 9.95. The molecule has 0 fully saturated rings. The Balaban J connectivity index is 1.74. The predicted octanol–water partition coefficient (Wildman–Crippen LogP) is 1.97. The van der Waals surface area contributed by atoms with Crippen molar-refractivity contribution in [3.8, 4) is 28.8 Å². The van der Waals surface area contributed by atoms with Gasteiger partial charge in [0, 0.05) is 29.2 Å². The number of fused-ring (bicyclic) bond motifs is 3. The van der Waals surface area contributed by atoms with Crippen molar-refractivity contribution in [3.05, 3.63) is 74.1 Å². The molecule has 2 aromatic heterocycles. The number of aromatic amines is 2. The Kier molecular flexibility index (Phi) is 5.29. The van der Waals surface area contributed by atoms with E-state index in [4.69, 9.17) is 14.2 Å². The van der Waals surface area contributed by atoms with Crippen molar-refractivity contribution < 1.29 is 19.3 Å². The zero-order valence-electron chi connectivity index (χ0n) is 18.9. The van der Waals surface area contributed by atoms with Crippen molar-refractivity contribution >= 4 is 10.9 Å². The van der Waals surface area contributed by atoms with E-state index in [2.05, 4.69) is 15.3 Å². The van der Waals surface area contributed by atoms with Gasteiger partial charge in [0.25, 0.3) is 5.56 Å². The van der Waals surface area contributed by atoms with Crippen LogP contribution in [0.15, 0.2) is 46.0 Å². The third kappa shape index (κ3) is 3.30. The van der Waals surface area contributed by atoms with Crippen molar-refractivity contribution in [1.29, 1.82) is 0 Å². The second-order valence-corrected chi connectivity index (χ2v) is 7.94. The van der Waals surface area contributed by atoms with Crippen LogP contribution in [-0.4, -0.2) is 47.5 Å². The number of nitrogens with one attached hydrogen (secondary N) is 3. The Morgan fingerprint density at radius 3 is 2.44 bits per heavy atom. The van der Waals surface area contributed by atoms with E-state index in [1.807, 2.05) is 18.2 Å². The molecule has 0 saturated heterocycles. The Morgan fingerprint density at radius 2 is 1.71 bits per heavy atom. The molecular formula is C24H24N4O6. The van der Waals surface area contributed by atoms with Gasteiger partial charge in [0.15, 0.2) is 0 Å². The van der Waals surface area contributed by atoms with Crippen LogP contribution < -0.4 is 30.8 Å². The third-order valence-corrected chi connectivity index (χ3v) is 6.19. The van der Waals surface area contributed by atoms with Gasteiger partial charge in [-0.25, -0.2) is 9.36 Å². The zero-order valence-corrected chi connectivity index (χ0v) is 18.9. The van der Waals surface area contributed by atoms with Crippen LogP contribution in [0, 0.1) is 0 Å². The number of benzene rings is 2. The number of hydrogen-bond acceptors (Lipinski definition) is 7. The first kappa shape index (κ1) is 21.7. The van der Waals surface area contributed by atoms with Crippen molar-refractivity contribution in [2.45, 2.75) is 12.5 Å². The molecule has 5 rings (SSSR count). The molecule has 1 aliphatic rings. The number of hydrogen-bond donors (Lipinski definition) is 4. The first-order valence-corrected chi connectivity index (χ1v) is 10.7. The minimum Gasteiger partial charge on any atom is -0.497 e. The molecule has 10 heteroatoms. The minimum atomic E-state index is -0.796. The van der Waals surface area contributed by atoms with E-state index in [-0.39, 0.29) is 11.3 Å². The fourth-order valence-electron chi connectivity index (χ4n) is 4.57. The number of rotatable bonds is 5. The number of aromatic nitrogens is 3. The molecule has 0 radical (unpaired) electrons. The van der Waals surface area contributed by atoms with Gasteiger partial charge in [-0.15, -0.1) is 0 Å². The van der Waals surface area contributed by atoms with E-state index in [1.165, 1.54) is 14.2 Å². The fourth-order valence-corrected chi connectivity index (χ4v) is 4.57. The lowest BCUT2D eigenvalue weighted by Gasteiger charge is -2.25. The van der Waals surface area contributed by atoms with Crippen LogP contribution in [0.1, 0.15) is 22.9 Å². The summed E-state index contributed by atoms with van der Waals surface area (Å²) in [5, 5.41) is 15.6. The molecule has 0 aliphatic carbocycles. The van der Waals surface area contributed by atoms with E-state index < -0.39 is 23.2 Å². The summed E-state index contributed by atoms with van der Waals surface area (Å²) >= 11 is 0. The maximum atomic E-state index is 13.0. The number of methoxy groups -OCH3 is 3. The number of ether oxygens (including phenoxy) is 3. The monoisotopic (exact) mass is 464 g/mol. The molecule has 4 N–H and O–H groups in total. The van der Waals surface area contributed by atoms with Gasteiger partial charge in [-0.1, -0.05) is 0 Å². The first-order valence-electron chi connectivity index (χ1n) is 10.7. The quantitative estimate of drug-likeness (QED) is 0.355. The summed E-state index contributed by atoms with van der Waals surface area (Å²) < 4.78 is 17.0. The van der Waals surface area contributed by atoms with Crippen molar-refractivity contribution in [1.82, 2.24) is 19.9 Å². The molecule has 0 spiro atoms. The Morgan fingerprint density at radius 1 is 0.971 bits per heavy atom. The summed E-state index contributed by atoms with van der Waals surface area (Å²) in [5.74, 6) is 1.02. The molecular weight excluding hydrogens is 440 g/mol. The van der Waals surface area contributed by atoms with Gasteiger partial charge >= 0.3 is 5.69 Å². The normalized spacial score (nSPS) is 15.2. The van der Waals surface area contributed by atoms with Gasteiger partial charge in [0.1, 0.15) is 22.8 Å². The van der Waals surface area contributed by atoms with Crippen LogP contribution >= 0.6 is 0 Å². The Hall–Kier alpha value is -4.18. The molecule has 176 valence electrons. The van der Waals surface area contributed by atoms with Crippen molar-refractivity contribution in [2.75, 3.05) is 27.9 Å². The molecule has 34 heavy (non-hydrogen) atoms. The molecule has 0 unspecified atom stereocenters. The van der Waals surface area contributed by atoms with Gasteiger partial charge in [0.2, 0.25) is 5.88 Å². The van der Waals surface area contributed by atoms with Crippen molar-refractivity contribution in [2.24, 2.45) is 0 Å². The topological polar surface area (TPSA) is 131 Å². The SMILES string of the molecule is COc1ccc(OC)c(-n2c(O)c([C@@H]3NCCc4c3[nH]c3ccc(OC)cc43)c(=O)[nH]c2=O)c1. The highest BCUT2D eigenvalue weighted by Gasteiger charge is 2.32. The Bertz CT molecular complexity index is 1520. The maximum absolute atomic E-state index is 13.0. The van der Waals surface area contributed by atoms with Crippen LogP contribution in [0.2, 0.25) is 0 Å². The lowest BCUT2D eigenvalue weighted by molar-refractivity contribution is 0.388. The first-order chi connectivity index (χ1) is 16.5. The second-order valence-electron chi connectivity index (χ2n) is 7.94. The highest BCUT2D eigenvalue weighted by molar-refractivity contribution is 5.86. The summed E-state index contributed by atoms with van der Waals surface area (Å²) in [4.78, 5) is 31.5. The predicted molar refractivity (Wildman–Crippen MR) is 126 cm³/mol. The molecule has 10 nitrogen and oxygen atoms in total. The van der Waals surface area contributed by atoms with Gasteiger partial charge in [-0.05, 0) is 42.3 Å². The van der Waals surface area contributed by atoms with E-state index in [1.54, 1.807) is 25.3 Å². The summed E-state index contributed by atoms with van der Waals surface area (Å²) in [6.45, 7) is 0.572.